The molecule has 1 heterocycles. The maximum absolute atomic E-state index is 11.6. The van der Waals surface area contributed by atoms with Gasteiger partial charge in [0.05, 0.1) is 0 Å². The maximum Gasteiger partial charge on any atom is 0.407 e. The summed E-state index contributed by atoms with van der Waals surface area (Å²) in [6.45, 7) is 11.7. The molecule has 0 atom stereocenters. The number of hydrogen-bond donors (Lipinski definition) is 1. The summed E-state index contributed by atoms with van der Waals surface area (Å²) in [5.41, 5.74) is 0.0652. The van der Waals surface area contributed by atoms with Crippen LogP contribution in [0.25, 0.3) is 0 Å². The van der Waals surface area contributed by atoms with Crippen LogP contribution in [0.5, 0.6) is 0 Å². The number of carboxylic acid groups (broad SMARTS) is 1. The minimum atomic E-state index is -0.762. The van der Waals surface area contributed by atoms with Gasteiger partial charge in [-0.1, -0.05) is 19.8 Å². The van der Waals surface area contributed by atoms with Crippen molar-refractivity contribution in [1.29, 1.82) is 0 Å². The smallest absolute Gasteiger partial charge is 0.407 e. The first kappa shape index (κ1) is 17.3. The first-order chi connectivity index (χ1) is 9.12. The molecule has 0 saturated carbocycles. The van der Waals surface area contributed by atoms with Crippen LogP contribution in [0.2, 0.25) is 0 Å². The van der Waals surface area contributed by atoms with Crippen molar-refractivity contribution < 1.29 is 9.90 Å². The highest BCUT2D eigenvalue weighted by Gasteiger charge is 2.45. The van der Waals surface area contributed by atoms with Crippen LogP contribution >= 0.6 is 0 Å². The lowest BCUT2D eigenvalue weighted by atomic mass is 9.77. The third-order valence-corrected chi connectivity index (χ3v) is 4.98. The molecule has 1 aliphatic rings. The molecular weight excluding hydrogens is 252 g/mol. The molecule has 0 aromatic carbocycles. The standard InChI is InChI=1S/C16H32N2O2/c1-7-8-9-10-18(14(19)20)13-11-15(2,3)17(6)16(4,5)12-13/h13H,7-12H2,1-6H3,(H,19,20). The Morgan fingerprint density at radius 3 is 2.10 bits per heavy atom. The average molecular weight is 284 g/mol. The van der Waals surface area contributed by atoms with Gasteiger partial charge in [-0.25, -0.2) is 4.79 Å². The van der Waals surface area contributed by atoms with Gasteiger partial charge in [0.15, 0.2) is 0 Å². The van der Waals surface area contributed by atoms with Gasteiger partial charge in [-0.3, -0.25) is 4.90 Å². The number of amides is 1. The molecule has 0 spiro atoms. The predicted octanol–water partition coefficient (Wildman–Crippen LogP) is 3.81. The number of likely N-dealkylation sites (tertiary alicyclic amines) is 1. The van der Waals surface area contributed by atoms with Crippen molar-refractivity contribution in [3.05, 3.63) is 0 Å². The lowest BCUT2D eigenvalue weighted by Gasteiger charge is -2.55. The van der Waals surface area contributed by atoms with E-state index in [0.29, 0.717) is 6.54 Å². The third kappa shape index (κ3) is 3.87. The number of carbonyl (C=O) groups is 1. The Labute approximate surface area is 124 Å². The predicted molar refractivity (Wildman–Crippen MR) is 83.2 cm³/mol. The van der Waals surface area contributed by atoms with E-state index in [-0.39, 0.29) is 17.1 Å². The van der Waals surface area contributed by atoms with Gasteiger partial charge < -0.3 is 10.0 Å². The van der Waals surface area contributed by atoms with Gasteiger partial charge in [0.1, 0.15) is 0 Å². The van der Waals surface area contributed by atoms with Crippen LogP contribution in [-0.4, -0.2) is 51.7 Å². The Balaban J connectivity index is 2.83. The van der Waals surface area contributed by atoms with Gasteiger partial charge in [0.2, 0.25) is 0 Å². The molecule has 0 bridgehead atoms. The summed E-state index contributed by atoms with van der Waals surface area (Å²) in [5, 5.41) is 9.54. The van der Waals surface area contributed by atoms with Crippen molar-refractivity contribution in [2.75, 3.05) is 13.6 Å². The van der Waals surface area contributed by atoms with E-state index in [4.69, 9.17) is 0 Å². The molecule has 0 unspecified atom stereocenters. The number of rotatable bonds is 5. The van der Waals surface area contributed by atoms with Crippen molar-refractivity contribution in [2.45, 2.75) is 83.8 Å². The van der Waals surface area contributed by atoms with E-state index in [2.05, 4.69) is 46.6 Å². The summed E-state index contributed by atoms with van der Waals surface area (Å²) >= 11 is 0. The molecule has 4 nitrogen and oxygen atoms in total. The molecule has 0 aliphatic carbocycles. The van der Waals surface area contributed by atoms with Gasteiger partial charge in [-0.2, -0.15) is 0 Å². The zero-order valence-corrected chi connectivity index (χ0v) is 14.1. The van der Waals surface area contributed by atoms with Crippen molar-refractivity contribution in [2.24, 2.45) is 0 Å². The SMILES string of the molecule is CCCCCN(C(=O)O)C1CC(C)(C)N(C)C(C)(C)C1. The largest absolute Gasteiger partial charge is 0.465 e. The van der Waals surface area contributed by atoms with Gasteiger partial charge in [-0.15, -0.1) is 0 Å². The van der Waals surface area contributed by atoms with Crippen LogP contribution in [0.1, 0.15) is 66.7 Å². The number of unbranched alkanes of at least 4 members (excludes halogenated alkanes) is 2. The molecule has 1 aliphatic heterocycles. The summed E-state index contributed by atoms with van der Waals surface area (Å²) in [6, 6.07) is 0.130. The molecule has 0 aromatic heterocycles. The number of hydrogen-bond acceptors (Lipinski definition) is 2. The minimum Gasteiger partial charge on any atom is -0.465 e. The summed E-state index contributed by atoms with van der Waals surface area (Å²) < 4.78 is 0. The van der Waals surface area contributed by atoms with Crippen LogP contribution in [-0.2, 0) is 0 Å². The second kappa shape index (κ2) is 6.33. The van der Waals surface area contributed by atoms with Crippen molar-refractivity contribution in [3.63, 3.8) is 0 Å². The van der Waals surface area contributed by atoms with Crippen LogP contribution in [0.3, 0.4) is 0 Å². The Bertz CT molecular complexity index is 321. The van der Waals surface area contributed by atoms with Gasteiger partial charge in [-0.05, 0) is 54.0 Å². The highest BCUT2D eigenvalue weighted by Crippen LogP contribution is 2.38. The van der Waals surface area contributed by atoms with Crippen LogP contribution < -0.4 is 0 Å². The monoisotopic (exact) mass is 284 g/mol. The zero-order valence-electron chi connectivity index (χ0n) is 14.1. The molecule has 0 aromatic rings. The number of piperidine rings is 1. The van der Waals surface area contributed by atoms with E-state index < -0.39 is 6.09 Å². The van der Waals surface area contributed by atoms with Crippen molar-refractivity contribution >= 4 is 6.09 Å². The molecule has 118 valence electrons. The van der Waals surface area contributed by atoms with Gasteiger partial charge in [0.25, 0.3) is 0 Å². The molecule has 1 fully saturated rings. The quantitative estimate of drug-likeness (QED) is 0.781. The summed E-state index contributed by atoms with van der Waals surface area (Å²) in [4.78, 5) is 15.7. The molecule has 1 N–H and O–H groups in total. The highest BCUT2D eigenvalue weighted by molar-refractivity contribution is 5.65. The molecule has 0 radical (unpaired) electrons. The zero-order chi connectivity index (χ0) is 15.6. The fourth-order valence-corrected chi connectivity index (χ4v) is 3.51. The lowest BCUT2D eigenvalue weighted by molar-refractivity contribution is -0.0427. The lowest BCUT2D eigenvalue weighted by Crippen LogP contribution is -2.63. The Morgan fingerprint density at radius 1 is 1.20 bits per heavy atom. The minimum absolute atomic E-state index is 0.0326. The van der Waals surface area contributed by atoms with E-state index in [0.717, 1.165) is 32.1 Å². The first-order valence-corrected chi connectivity index (χ1v) is 7.85. The topological polar surface area (TPSA) is 43.8 Å². The van der Waals surface area contributed by atoms with E-state index in [9.17, 15) is 9.90 Å². The Hall–Kier alpha value is -0.770. The third-order valence-electron chi connectivity index (χ3n) is 4.98. The number of nitrogens with zero attached hydrogens (tertiary/aromatic N) is 2. The highest BCUT2D eigenvalue weighted by atomic mass is 16.4. The summed E-state index contributed by atoms with van der Waals surface area (Å²) in [5.74, 6) is 0. The second-order valence-electron chi connectivity index (χ2n) is 7.43. The fraction of sp³-hybridized carbons (Fsp3) is 0.938. The summed E-state index contributed by atoms with van der Waals surface area (Å²) in [6.07, 6.45) is 4.25. The summed E-state index contributed by atoms with van der Waals surface area (Å²) in [7, 11) is 2.15. The van der Waals surface area contributed by atoms with E-state index >= 15 is 0 Å². The molecule has 1 rings (SSSR count). The van der Waals surface area contributed by atoms with Crippen molar-refractivity contribution in [3.8, 4) is 0 Å². The van der Waals surface area contributed by atoms with E-state index in [1.807, 2.05) is 0 Å². The normalized spacial score (nSPS) is 22.7. The maximum atomic E-state index is 11.6. The molecular formula is C16H32N2O2. The van der Waals surface area contributed by atoms with E-state index in [1.165, 1.54) is 0 Å². The molecule has 1 amide bonds. The fourth-order valence-electron chi connectivity index (χ4n) is 3.51. The van der Waals surface area contributed by atoms with Crippen molar-refractivity contribution in [1.82, 2.24) is 9.80 Å². The van der Waals surface area contributed by atoms with E-state index in [1.54, 1.807) is 4.90 Å². The molecule has 20 heavy (non-hydrogen) atoms. The first-order valence-electron chi connectivity index (χ1n) is 7.85. The molecule has 4 heteroatoms. The van der Waals surface area contributed by atoms with Gasteiger partial charge >= 0.3 is 6.09 Å². The van der Waals surface area contributed by atoms with Crippen LogP contribution in [0, 0.1) is 0 Å². The Morgan fingerprint density at radius 2 is 1.70 bits per heavy atom. The van der Waals surface area contributed by atoms with Crippen LogP contribution in [0.15, 0.2) is 0 Å². The van der Waals surface area contributed by atoms with Crippen LogP contribution in [0.4, 0.5) is 4.79 Å². The second-order valence-corrected chi connectivity index (χ2v) is 7.43. The molecule has 1 saturated heterocycles. The Kier molecular flexibility index (Phi) is 5.47. The van der Waals surface area contributed by atoms with Gasteiger partial charge in [0, 0.05) is 23.7 Å². The average Bonchev–Trinajstić information content (AvgIpc) is 2.30.